The first kappa shape index (κ1) is 13.7. The number of hydrogen-bond acceptors (Lipinski definition) is 5. The van der Waals surface area contributed by atoms with Crippen molar-refractivity contribution in [1.82, 2.24) is 0 Å². The van der Waals surface area contributed by atoms with Crippen LogP contribution >= 0.6 is 0 Å². The molecule has 1 heterocycles. The number of non-ortho nitro benzene ring substituents is 1. The summed E-state index contributed by atoms with van der Waals surface area (Å²) in [7, 11) is 0. The summed E-state index contributed by atoms with van der Waals surface area (Å²) in [5, 5.41) is 19.7. The van der Waals surface area contributed by atoms with Crippen molar-refractivity contribution in [3.05, 3.63) is 34.1 Å². The number of hydrogen-bond donors (Lipinski definition) is 2. The van der Waals surface area contributed by atoms with Gasteiger partial charge in [0.15, 0.2) is 5.82 Å². The zero-order valence-electron chi connectivity index (χ0n) is 10.4. The largest absolute Gasteiger partial charge is 0.394 e. The lowest BCUT2D eigenvalue weighted by Crippen LogP contribution is -2.53. The summed E-state index contributed by atoms with van der Waals surface area (Å²) >= 11 is 0. The van der Waals surface area contributed by atoms with Crippen molar-refractivity contribution in [1.29, 1.82) is 0 Å². The van der Waals surface area contributed by atoms with E-state index in [4.69, 9.17) is 10.8 Å². The van der Waals surface area contributed by atoms with E-state index in [1.165, 1.54) is 12.1 Å². The van der Waals surface area contributed by atoms with Crippen LogP contribution in [0.2, 0.25) is 0 Å². The van der Waals surface area contributed by atoms with Crippen molar-refractivity contribution < 1.29 is 14.4 Å². The normalized spacial score (nSPS) is 18.4. The van der Waals surface area contributed by atoms with Gasteiger partial charge >= 0.3 is 0 Å². The quantitative estimate of drug-likeness (QED) is 0.631. The molecular formula is C12H16FN3O3. The van der Waals surface area contributed by atoms with Gasteiger partial charge in [0, 0.05) is 24.7 Å². The maximum Gasteiger partial charge on any atom is 0.272 e. The number of aliphatic hydroxyl groups excluding tert-OH is 1. The van der Waals surface area contributed by atoms with Crippen LogP contribution in [0.25, 0.3) is 0 Å². The second kappa shape index (κ2) is 5.10. The van der Waals surface area contributed by atoms with Crippen molar-refractivity contribution in [2.75, 3.05) is 24.6 Å². The first-order valence-electron chi connectivity index (χ1n) is 6.04. The van der Waals surface area contributed by atoms with E-state index in [0.717, 1.165) is 6.07 Å². The molecule has 0 spiro atoms. The SMILES string of the molecule is NC1(CO)CCN(c2ccc([N+](=O)[O-])cc2F)CC1. The molecule has 1 aliphatic rings. The summed E-state index contributed by atoms with van der Waals surface area (Å²) in [6, 6.07) is 3.62. The highest BCUT2D eigenvalue weighted by atomic mass is 19.1. The number of nitro benzene ring substituents is 1. The Balaban J connectivity index is 2.14. The van der Waals surface area contributed by atoms with E-state index in [-0.39, 0.29) is 12.3 Å². The Bertz CT molecular complexity index is 487. The Morgan fingerprint density at radius 1 is 1.47 bits per heavy atom. The van der Waals surface area contributed by atoms with Gasteiger partial charge < -0.3 is 15.7 Å². The molecule has 19 heavy (non-hydrogen) atoms. The molecule has 0 saturated carbocycles. The van der Waals surface area contributed by atoms with E-state index in [2.05, 4.69) is 0 Å². The molecule has 1 saturated heterocycles. The molecule has 0 bridgehead atoms. The van der Waals surface area contributed by atoms with Crippen LogP contribution in [0.3, 0.4) is 0 Å². The number of piperidine rings is 1. The van der Waals surface area contributed by atoms with E-state index in [9.17, 15) is 14.5 Å². The monoisotopic (exact) mass is 269 g/mol. The molecule has 0 aromatic heterocycles. The Kier molecular flexibility index (Phi) is 3.68. The Hall–Kier alpha value is -1.73. The number of nitro groups is 1. The summed E-state index contributed by atoms with van der Waals surface area (Å²) in [5.74, 6) is -0.609. The molecule has 1 aromatic carbocycles. The molecule has 0 aliphatic carbocycles. The summed E-state index contributed by atoms with van der Waals surface area (Å²) in [6.07, 6.45) is 1.11. The van der Waals surface area contributed by atoms with Crippen molar-refractivity contribution in [3.63, 3.8) is 0 Å². The highest BCUT2D eigenvalue weighted by Gasteiger charge is 2.31. The first-order chi connectivity index (χ1) is 8.95. The smallest absolute Gasteiger partial charge is 0.272 e. The number of rotatable bonds is 3. The third-order valence-electron chi connectivity index (χ3n) is 3.56. The van der Waals surface area contributed by atoms with Gasteiger partial charge in [-0.3, -0.25) is 10.1 Å². The van der Waals surface area contributed by atoms with Crippen LogP contribution in [0.5, 0.6) is 0 Å². The van der Waals surface area contributed by atoms with Crippen molar-refractivity contribution in [2.45, 2.75) is 18.4 Å². The van der Waals surface area contributed by atoms with E-state index >= 15 is 0 Å². The molecule has 3 N–H and O–H groups in total. The van der Waals surface area contributed by atoms with Crippen LogP contribution in [-0.4, -0.2) is 35.3 Å². The molecule has 0 atom stereocenters. The minimum atomic E-state index is -0.625. The second-order valence-electron chi connectivity index (χ2n) is 4.90. The van der Waals surface area contributed by atoms with Gasteiger partial charge in [0.05, 0.1) is 23.3 Å². The van der Waals surface area contributed by atoms with Crippen LogP contribution in [-0.2, 0) is 0 Å². The zero-order valence-corrected chi connectivity index (χ0v) is 10.4. The average molecular weight is 269 g/mol. The van der Waals surface area contributed by atoms with Crippen LogP contribution < -0.4 is 10.6 Å². The number of nitrogens with zero attached hydrogens (tertiary/aromatic N) is 2. The van der Waals surface area contributed by atoms with Crippen LogP contribution in [0.4, 0.5) is 15.8 Å². The molecule has 104 valence electrons. The number of anilines is 1. The average Bonchev–Trinajstić information content (AvgIpc) is 2.40. The maximum atomic E-state index is 13.8. The topological polar surface area (TPSA) is 92.6 Å². The van der Waals surface area contributed by atoms with Crippen LogP contribution in [0, 0.1) is 15.9 Å². The lowest BCUT2D eigenvalue weighted by atomic mass is 9.89. The number of benzene rings is 1. The molecule has 6 nitrogen and oxygen atoms in total. The van der Waals surface area contributed by atoms with Crippen molar-refractivity contribution in [3.8, 4) is 0 Å². The van der Waals surface area contributed by atoms with Gasteiger partial charge in [-0.25, -0.2) is 4.39 Å². The summed E-state index contributed by atoms with van der Waals surface area (Å²) in [4.78, 5) is 11.7. The first-order valence-corrected chi connectivity index (χ1v) is 6.04. The van der Waals surface area contributed by atoms with E-state index in [0.29, 0.717) is 31.6 Å². The van der Waals surface area contributed by atoms with Gasteiger partial charge in [-0.15, -0.1) is 0 Å². The molecular weight excluding hydrogens is 253 g/mol. The fourth-order valence-corrected chi connectivity index (χ4v) is 2.22. The van der Waals surface area contributed by atoms with Gasteiger partial charge in [-0.2, -0.15) is 0 Å². The molecule has 2 rings (SSSR count). The molecule has 0 unspecified atom stereocenters. The van der Waals surface area contributed by atoms with E-state index < -0.39 is 16.3 Å². The number of aliphatic hydroxyl groups is 1. The zero-order chi connectivity index (χ0) is 14.0. The van der Waals surface area contributed by atoms with Crippen LogP contribution in [0.15, 0.2) is 18.2 Å². The van der Waals surface area contributed by atoms with Crippen molar-refractivity contribution >= 4 is 11.4 Å². The highest BCUT2D eigenvalue weighted by Crippen LogP contribution is 2.28. The molecule has 1 aliphatic heterocycles. The fourth-order valence-electron chi connectivity index (χ4n) is 2.22. The number of halogens is 1. The van der Waals surface area contributed by atoms with E-state index in [1.807, 2.05) is 0 Å². The summed E-state index contributed by atoms with van der Waals surface area (Å²) in [5.41, 5.74) is 5.41. The Labute approximate surface area is 109 Å². The van der Waals surface area contributed by atoms with Gasteiger partial charge in [0.1, 0.15) is 0 Å². The summed E-state index contributed by atoms with van der Waals surface area (Å²) in [6.45, 7) is 0.946. The van der Waals surface area contributed by atoms with Gasteiger partial charge in [-0.1, -0.05) is 0 Å². The van der Waals surface area contributed by atoms with Gasteiger partial charge in [0.2, 0.25) is 0 Å². The maximum absolute atomic E-state index is 13.8. The highest BCUT2D eigenvalue weighted by molar-refractivity contribution is 5.52. The second-order valence-corrected chi connectivity index (χ2v) is 4.90. The number of nitrogens with two attached hydrogens (primary N) is 1. The Morgan fingerprint density at radius 3 is 2.58 bits per heavy atom. The predicted molar refractivity (Wildman–Crippen MR) is 68.5 cm³/mol. The van der Waals surface area contributed by atoms with Crippen molar-refractivity contribution in [2.24, 2.45) is 5.73 Å². The Morgan fingerprint density at radius 2 is 2.11 bits per heavy atom. The molecule has 0 radical (unpaired) electrons. The minimum absolute atomic E-state index is 0.0937. The predicted octanol–water partition coefficient (Wildman–Crippen LogP) is 1.02. The standard InChI is InChI=1S/C12H16FN3O3/c13-10-7-9(16(18)19)1-2-11(10)15-5-3-12(14,8-17)4-6-15/h1-2,7,17H,3-6,8,14H2. The molecule has 7 heteroatoms. The van der Waals surface area contributed by atoms with E-state index in [1.54, 1.807) is 4.90 Å². The fraction of sp³-hybridized carbons (Fsp3) is 0.500. The minimum Gasteiger partial charge on any atom is -0.394 e. The third-order valence-corrected chi connectivity index (χ3v) is 3.56. The van der Waals surface area contributed by atoms with Gasteiger partial charge in [-0.05, 0) is 18.9 Å². The lowest BCUT2D eigenvalue weighted by Gasteiger charge is -2.39. The molecule has 0 amide bonds. The molecule has 1 fully saturated rings. The summed E-state index contributed by atoms with van der Waals surface area (Å²) < 4.78 is 13.8. The van der Waals surface area contributed by atoms with Gasteiger partial charge in [0.25, 0.3) is 5.69 Å². The van der Waals surface area contributed by atoms with Crippen LogP contribution in [0.1, 0.15) is 12.8 Å². The third kappa shape index (κ3) is 2.82. The molecule has 1 aromatic rings. The lowest BCUT2D eigenvalue weighted by molar-refractivity contribution is -0.385.